The van der Waals surface area contributed by atoms with Gasteiger partial charge in [-0.25, -0.2) is 14.3 Å². The maximum absolute atomic E-state index is 10.8. The van der Waals surface area contributed by atoms with Crippen LogP contribution in [-0.4, -0.2) is 30.7 Å². The molecule has 0 atom stereocenters. The Bertz CT molecular complexity index is 572. The van der Waals surface area contributed by atoms with Gasteiger partial charge in [-0.2, -0.15) is 4.98 Å². The molecule has 1 fully saturated rings. The molecule has 1 saturated carbocycles. The molecule has 6 nitrogen and oxygen atoms in total. The highest BCUT2D eigenvalue weighted by Crippen LogP contribution is 2.32. The Morgan fingerprint density at radius 2 is 2.18 bits per heavy atom. The number of carbonyl (C=O) groups is 1. The van der Waals surface area contributed by atoms with Crippen molar-refractivity contribution in [1.82, 2.24) is 19.6 Å². The summed E-state index contributed by atoms with van der Waals surface area (Å²) in [6.07, 6.45) is 7.42. The van der Waals surface area contributed by atoms with Gasteiger partial charge >= 0.3 is 5.97 Å². The summed E-state index contributed by atoms with van der Waals surface area (Å²) >= 11 is 0. The van der Waals surface area contributed by atoms with Crippen LogP contribution < -0.4 is 0 Å². The lowest BCUT2D eigenvalue weighted by Gasteiger charge is -2.00. The third-order valence-electron chi connectivity index (χ3n) is 3.18. The SMILES string of the molecule is O=C(O)c1cnc2nc(C3CCCC3)nn2c1. The average Bonchev–Trinajstić information content (AvgIpc) is 2.96. The number of fused-ring (bicyclic) bond motifs is 1. The number of aromatic nitrogens is 4. The molecule has 6 heteroatoms. The Balaban J connectivity index is 2.03. The van der Waals surface area contributed by atoms with Gasteiger partial charge < -0.3 is 5.11 Å². The van der Waals surface area contributed by atoms with Gasteiger partial charge in [-0.3, -0.25) is 0 Å². The van der Waals surface area contributed by atoms with Crippen molar-refractivity contribution in [3.8, 4) is 0 Å². The molecule has 0 amide bonds. The van der Waals surface area contributed by atoms with Crippen molar-refractivity contribution in [3.05, 3.63) is 23.8 Å². The van der Waals surface area contributed by atoms with Crippen LogP contribution in [0.1, 0.15) is 47.8 Å². The second-order valence-corrected chi connectivity index (χ2v) is 4.34. The molecule has 1 aliphatic carbocycles. The fraction of sp³-hybridized carbons (Fsp3) is 0.455. The minimum Gasteiger partial charge on any atom is -0.478 e. The number of aromatic carboxylic acids is 1. The topological polar surface area (TPSA) is 80.4 Å². The molecule has 2 aromatic heterocycles. The van der Waals surface area contributed by atoms with Gasteiger partial charge in [0.15, 0.2) is 5.82 Å². The van der Waals surface area contributed by atoms with Crippen LogP contribution in [-0.2, 0) is 0 Å². The zero-order chi connectivity index (χ0) is 11.8. The summed E-state index contributed by atoms with van der Waals surface area (Å²) in [6.45, 7) is 0. The van der Waals surface area contributed by atoms with Gasteiger partial charge in [0, 0.05) is 18.3 Å². The first-order chi connectivity index (χ1) is 8.24. The first-order valence-electron chi connectivity index (χ1n) is 5.69. The number of carboxylic acids is 1. The minimum atomic E-state index is -1.00. The second-order valence-electron chi connectivity index (χ2n) is 4.34. The van der Waals surface area contributed by atoms with Gasteiger partial charge in [0.1, 0.15) is 0 Å². The highest BCUT2D eigenvalue weighted by molar-refractivity contribution is 5.86. The number of nitrogens with zero attached hydrogens (tertiary/aromatic N) is 4. The van der Waals surface area contributed by atoms with Crippen LogP contribution >= 0.6 is 0 Å². The first kappa shape index (κ1) is 10.2. The van der Waals surface area contributed by atoms with Crippen molar-refractivity contribution in [1.29, 1.82) is 0 Å². The molecular weight excluding hydrogens is 220 g/mol. The highest BCUT2D eigenvalue weighted by atomic mass is 16.4. The third kappa shape index (κ3) is 1.75. The van der Waals surface area contributed by atoms with E-state index in [1.165, 1.54) is 29.8 Å². The van der Waals surface area contributed by atoms with Gasteiger partial charge in [0.05, 0.1) is 5.56 Å². The zero-order valence-electron chi connectivity index (χ0n) is 9.20. The van der Waals surface area contributed by atoms with E-state index >= 15 is 0 Å². The van der Waals surface area contributed by atoms with E-state index in [1.807, 2.05) is 0 Å². The summed E-state index contributed by atoms with van der Waals surface area (Å²) in [5.74, 6) is 0.664. The maximum Gasteiger partial charge on any atom is 0.338 e. The molecule has 0 radical (unpaired) electrons. The van der Waals surface area contributed by atoms with Gasteiger partial charge in [-0.1, -0.05) is 12.8 Å². The predicted octanol–water partition coefficient (Wildman–Crippen LogP) is 1.48. The normalized spacial score (nSPS) is 16.7. The number of carboxylic acid groups (broad SMARTS) is 1. The molecule has 0 aromatic carbocycles. The quantitative estimate of drug-likeness (QED) is 0.848. The van der Waals surface area contributed by atoms with E-state index in [9.17, 15) is 4.79 Å². The van der Waals surface area contributed by atoms with E-state index in [0.717, 1.165) is 18.7 Å². The van der Waals surface area contributed by atoms with Gasteiger partial charge in [-0.15, -0.1) is 5.10 Å². The highest BCUT2D eigenvalue weighted by Gasteiger charge is 2.21. The second kappa shape index (κ2) is 3.80. The predicted molar refractivity (Wildman–Crippen MR) is 59.0 cm³/mol. The van der Waals surface area contributed by atoms with Crippen molar-refractivity contribution in [3.63, 3.8) is 0 Å². The van der Waals surface area contributed by atoms with Gasteiger partial charge in [0.25, 0.3) is 5.78 Å². The number of rotatable bonds is 2. The molecule has 2 aromatic rings. The van der Waals surface area contributed by atoms with Crippen LogP contribution in [0.2, 0.25) is 0 Å². The Labute approximate surface area is 97.3 Å². The van der Waals surface area contributed by atoms with Crippen LogP contribution in [0, 0.1) is 0 Å². The minimum absolute atomic E-state index is 0.125. The molecule has 2 heterocycles. The molecule has 0 bridgehead atoms. The fourth-order valence-corrected chi connectivity index (χ4v) is 2.27. The lowest BCUT2D eigenvalue weighted by molar-refractivity contribution is 0.0695. The molecule has 0 aliphatic heterocycles. The summed E-state index contributed by atoms with van der Waals surface area (Å²) < 4.78 is 1.46. The lowest BCUT2D eigenvalue weighted by atomic mass is 10.1. The summed E-state index contributed by atoms with van der Waals surface area (Å²) in [5, 5.41) is 13.2. The van der Waals surface area contributed by atoms with E-state index in [2.05, 4.69) is 15.1 Å². The van der Waals surface area contributed by atoms with Crippen LogP contribution in [0.4, 0.5) is 0 Å². The third-order valence-corrected chi connectivity index (χ3v) is 3.18. The molecule has 0 spiro atoms. The van der Waals surface area contributed by atoms with Crippen molar-refractivity contribution in [2.45, 2.75) is 31.6 Å². The Morgan fingerprint density at radius 3 is 2.88 bits per heavy atom. The standard InChI is InChI=1S/C11H12N4O2/c16-10(17)8-5-12-11-13-9(14-15(11)6-8)7-3-1-2-4-7/h5-7H,1-4H2,(H,16,17). The largest absolute Gasteiger partial charge is 0.478 e. The van der Waals surface area contributed by atoms with Crippen molar-refractivity contribution in [2.24, 2.45) is 0 Å². The van der Waals surface area contributed by atoms with Crippen molar-refractivity contribution in [2.75, 3.05) is 0 Å². The molecule has 1 aliphatic rings. The van der Waals surface area contributed by atoms with Crippen molar-refractivity contribution < 1.29 is 9.90 Å². The molecule has 1 N–H and O–H groups in total. The summed E-state index contributed by atoms with van der Waals surface area (Å²) in [4.78, 5) is 19.2. The van der Waals surface area contributed by atoms with Crippen LogP contribution in [0.25, 0.3) is 5.78 Å². The smallest absolute Gasteiger partial charge is 0.338 e. The van der Waals surface area contributed by atoms with E-state index in [0.29, 0.717) is 11.7 Å². The summed E-state index contributed by atoms with van der Waals surface area (Å²) in [7, 11) is 0. The molecule has 17 heavy (non-hydrogen) atoms. The fourth-order valence-electron chi connectivity index (χ4n) is 2.27. The Hall–Kier alpha value is -1.98. The summed E-state index contributed by atoms with van der Waals surface area (Å²) in [6, 6.07) is 0. The zero-order valence-corrected chi connectivity index (χ0v) is 9.20. The Morgan fingerprint density at radius 1 is 1.41 bits per heavy atom. The molecule has 0 saturated heterocycles. The Kier molecular flexibility index (Phi) is 2.28. The van der Waals surface area contributed by atoms with Crippen molar-refractivity contribution >= 4 is 11.7 Å². The lowest BCUT2D eigenvalue weighted by Crippen LogP contribution is -2.01. The van der Waals surface area contributed by atoms with E-state index in [-0.39, 0.29) is 5.56 Å². The average molecular weight is 232 g/mol. The monoisotopic (exact) mass is 232 g/mol. The van der Waals surface area contributed by atoms with Gasteiger partial charge in [0.2, 0.25) is 0 Å². The van der Waals surface area contributed by atoms with E-state index < -0.39 is 5.97 Å². The van der Waals surface area contributed by atoms with E-state index in [1.54, 1.807) is 0 Å². The number of hydrogen-bond donors (Lipinski definition) is 1. The molecule has 88 valence electrons. The van der Waals surface area contributed by atoms with Crippen LogP contribution in [0.5, 0.6) is 0 Å². The van der Waals surface area contributed by atoms with E-state index in [4.69, 9.17) is 5.11 Å². The summed E-state index contributed by atoms with van der Waals surface area (Å²) in [5.41, 5.74) is 0.125. The molecular formula is C11H12N4O2. The van der Waals surface area contributed by atoms with Gasteiger partial charge in [-0.05, 0) is 12.8 Å². The maximum atomic E-state index is 10.8. The van der Waals surface area contributed by atoms with Crippen LogP contribution in [0.15, 0.2) is 12.4 Å². The molecule has 0 unspecified atom stereocenters. The van der Waals surface area contributed by atoms with Crippen LogP contribution in [0.3, 0.4) is 0 Å². The molecule has 3 rings (SSSR count). The first-order valence-corrected chi connectivity index (χ1v) is 5.69. The number of hydrogen-bond acceptors (Lipinski definition) is 4.